The Balaban J connectivity index is 1.61. The van der Waals surface area contributed by atoms with E-state index in [1.807, 2.05) is 19.9 Å². The number of hydrogen-bond donors (Lipinski definition) is 2. The molecule has 164 valence electrons. The second-order valence-electron chi connectivity index (χ2n) is 6.64. The van der Waals surface area contributed by atoms with Gasteiger partial charge in [0.25, 0.3) is 0 Å². The Bertz CT molecular complexity index is 967. The maximum absolute atomic E-state index is 12.7. The number of nitrogens with one attached hydrogen (secondary N) is 2. The van der Waals surface area contributed by atoms with Crippen LogP contribution < -0.4 is 19.7 Å². The zero-order valence-corrected chi connectivity index (χ0v) is 19.4. The summed E-state index contributed by atoms with van der Waals surface area (Å²) in [7, 11) is -3.73. The molecular weight excluding hydrogens is 474 g/mol. The summed E-state index contributed by atoms with van der Waals surface area (Å²) < 4.78 is 39.5. The molecule has 2 heterocycles. The quantitative estimate of drug-likeness (QED) is 0.505. The fourth-order valence-electron chi connectivity index (χ4n) is 2.99. The number of rotatable bonds is 9. The maximum Gasteiger partial charge on any atom is 0.244 e. The number of aryl methyl sites for hydroxylation is 1. The molecule has 1 aromatic heterocycles. The van der Waals surface area contributed by atoms with Gasteiger partial charge in [0.05, 0.1) is 19.8 Å². The van der Waals surface area contributed by atoms with Crippen LogP contribution in [0.3, 0.4) is 0 Å². The Kier molecular flexibility index (Phi) is 7.87. The Morgan fingerprint density at radius 2 is 1.97 bits per heavy atom. The fraction of sp³-hybridized carbons (Fsp3) is 0.474. The fourth-order valence-corrected chi connectivity index (χ4v) is 4.70. The normalized spacial score (nSPS) is 14.6. The van der Waals surface area contributed by atoms with Crippen LogP contribution >= 0.6 is 15.9 Å². The Labute approximate surface area is 185 Å². The van der Waals surface area contributed by atoms with Gasteiger partial charge >= 0.3 is 0 Å². The number of nitrogens with zero attached hydrogens (tertiary/aromatic N) is 3. The summed E-state index contributed by atoms with van der Waals surface area (Å²) in [5.74, 6) is 1.62. The number of sulfonamides is 1. The molecule has 11 heteroatoms. The van der Waals surface area contributed by atoms with Crippen molar-refractivity contribution in [1.82, 2.24) is 14.7 Å². The van der Waals surface area contributed by atoms with Crippen LogP contribution in [0.1, 0.15) is 12.6 Å². The minimum Gasteiger partial charge on any atom is -0.492 e. The largest absolute Gasteiger partial charge is 0.492 e. The van der Waals surface area contributed by atoms with Crippen LogP contribution in [0.4, 0.5) is 11.8 Å². The minimum absolute atomic E-state index is 0.0973. The number of morpholine rings is 1. The Morgan fingerprint density at radius 1 is 1.20 bits per heavy atom. The summed E-state index contributed by atoms with van der Waals surface area (Å²) in [5.41, 5.74) is 0.838. The second kappa shape index (κ2) is 10.4. The first-order valence-corrected chi connectivity index (χ1v) is 12.0. The van der Waals surface area contributed by atoms with Crippen molar-refractivity contribution in [2.75, 3.05) is 56.2 Å². The van der Waals surface area contributed by atoms with E-state index in [-0.39, 0.29) is 11.4 Å². The molecule has 0 atom stereocenters. The number of aromatic nitrogens is 2. The number of hydrogen-bond acceptors (Lipinski definition) is 8. The predicted octanol–water partition coefficient (Wildman–Crippen LogP) is 2.17. The lowest BCUT2D eigenvalue weighted by atomic mass is 10.3. The third kappa shape index (κ3) is 6.03. The van der Waals surface area contributed by atoms with Gasteiger partial charge in [0, 0.05) is 42.4 Å². The van der Waals surface area contributed by atoms with Crippen molar-refractivity contribution in [2.24, 2.45) is 0 Å². The third-order valence-corrected chi connectivity index (χ3v) is 6.35. The molecule has 0 bridgehead atoms. The Hall–Kier alpha value is -1.95. The first-order valence-electron chi connectivity index (χ1n) is 9.73. The SMILES string of the molecule is CCOc1ccc(Br)cc1S(=O)(=O)NCCNc1nc(C)cc(N2CCOCC2)n1. The zero-order valence-electron chi connectivity index (χ0n) is 17.0. The van der Waals surface area contributed by atoms with Gasteiger partial charge in [0.1, 0.15) is 16.5 Å². The molecule has 0 unspecified atom stereocenters. The van der Waals surface area contributed by atoms with E-state index in [1.165, 1.54) is 6.07 Å². The molecule has 0 aliphatic carbocycles. The number of anilines is 2. The highest BCUT2D eigenvalue weighted by atomic mass is 79.9. The van der Waals surface area contributed by atoms with E-state index < -0.39 is 10.0 Å². The highest BCUT2D eigenvalue weighted by Crippen LogP contribution is 2.27. The monoisotopic (exact) mass is 499 g/mol. The topological polar surface area (TPSA) is 106 Å². The van der Waals surface area contributed by atoms with Crippen LogP contribution in [-0.2, 0) is 14.8 Å². The van der Waals surface area contributed by atoms with Gasteiger partial charge < -0.3 is 19.7 Å². The van der Waals surface area contributed by atoms with Crippen molar-refractivity contribution in [3.8, 4) is 5.75 Å². The van der Waals surface area contributed by atoms with E-state index in [0.29, 0.717) is 42.5 Å². The third-order valence-electron chi connectivity index (χ3n) is 4.37. The van der Waals surface area contributed by atoms with Gasteiger partial charge in [-0.2, -0.15) is 4.98 Å². The Morgan fingerprint density at radius 3 is 2.70 bits per heavy atom. The minimum atomic E-state index is -3.73. The van der Waals surface area contributed by atoms with Crippen molar-refractivity contribution < 1.29 is 17.9 Å². The van der Waals surface area contributed by atoms with Gasteiger partial charge in [-0.25, -0.2) is 18.1 Å². The molecule has 1 aliphatic heterocycles. The first-order chi connectivity index (χ1) is 14.4. The molecule has 1 aliphatic rings. The molecule has 2 N–H and O–H groups in total. The molecule has 1 saturated heterocycles. The molecule has 9 nitrogen and oxygen atoms in total. The van der Waals surface area contributed by atoms with Crippen molar-refractivity contribution in [2.45, 2.75) is 18.7 Å². The lowest BCUT2D eigenvalue weighted by Gasteiger charge is -2.28. The van der Waals surface area contributed by atoms with Crippen LogP contribution in [-0.4, -0.2) is 64.4 Å². The van der Waals surface area contributed by atoms with Gasteiger partial charge in [-0.15, -0.1) is 0 Å². The van der Waals surface area contributed by atoms with E-state index in [9.17, 15) is 8.42 Å². The highest BCUT2D eigenvalue weighted by Gasteiger charge is 2.20. The number of ether oxygens (including phenoxy) is 2. The molecule has 0 spiro atoms. The average Bonchev–Trinajstić information content (AvgIpc) is 2.73. The molecule has 3 rings (SSSR count). The van der Waals surface area contributed by atoms with Gasteiger partial charge in [0.15, 0.2) is 0 Å². The second-order valence-corrected chi connectivity index (χ2v) is 9.29. The molecule has 2 aromatic rings. The van der Waals surface area contributed by atoms with E-state index in [4.69, 9.17) is 9.47 Å². The van der Waals surface area contributed by atoms with Gasteiger partial charge in [0.2, 0.25) is 16.0 Å². The van der Waals surface area contributed by atoms with Crippen LogP contribution in [0, 0.1) is 6.92 Å². The molecule has 1 fully saturated rings. The van der Waals surface area contributed by atoms with E-state index in [2.05, 4.69) is 40.8 Å². The van der Waals surface area contributed by atoms with E-state index in [1.54, 1.807) is 12.1 Å². The van der Waals surface area contributed by atoms with Crippen LogP contribution in [0.15, 0.2) is 33.6 Å². The molecular formula is C19H26BrN5O4S. The lowest BCUT2D eigenvalue weighted by Crippen LogP contribution is -2.37. The van der Waals surface area contributed by atoms with Crippen molar-refractivity contribution >= 4 is 37.7 Å². The lowest BCUT2D eigenvalue weighted by molar-refractivity contribution is 0.122. The van der Waals surface area contributed by atoms with Gasteiger partial charge in [-0.05, 0) is 32.0 Å². The maximum atomic E-state index is 12.7. The van der Waals surface area contributed by atoms with Crippen molar-refractivity contribution in [1.29, 1.82) is 0 Å². The standard InChI is InChI=1S/C19H26BrN5O4S/c1-3-29-16-5-4-15(20)13-17(16)30(26,27)22-7-6-21-19-23-14(2)12-18(24-19)25-8-10-28-11-9-25/h4-5,12-13,22H,3,6-11H2,1-2H3,(H,21,23,24). The zero-order chi connectivity index (χ0) is 21.6. The number of halogens is 1. The summed E-state index contributed by atoms with van der Waals surface area (Å²) in [5, 5.41) is 3.09. The predicted molar refractivity (Wildman–Crippen MR) is 119 cm³/mol. The average molecular weight is 500 g/mol. The first kappa shape index (κ1) is 22.7. The summed E-state index contributed by atoms with van der Waals surface area (Å²) in [6.07, 6.45) is 0. The molecule has 0 saturated carbocycles. The summed E-state index contributed by atoms with van der Waals surface area (Å²) >= 11 is 3.31. The van der Waals surface area contributed by atoms with Gasteiger partial charge in [-0.1, -0.05) is 15.9 Å². The molecule has 1 aromatic carbocycles. The highest BCUT2D eigenvalue weighted by molar-refractivity contribution is 9.10. The molecule has 0 radical (unpaired) electrons. The summed E-state index contributed by atoms with van der Waals surface area (Å²) in [6.45, 7) is 7.51. The van der Waals surface area contributed by atoms with Crippen LogP contribution in [0.5, 0.6) is 5.75 Å². The molecule has 30 heavy (non-hydrogen) atoms. The van der Waals surface area contributed by atoms with E-state index >= 15 is 0 Å². The number of benzene rings is 1. The summed E-state index contributed by atoms with van der Waals surface area (Å²) in [4.78, 5) is 11.2. The molecule has 0 amide bonds. The van der Waals surface area contributed by atoms with E-state index in [0.717, 1.165) is 24.6 Å². The smallest absolute Gasteiger partial charge is 0.244 e. The van der Waals surface area contributed by atoms with Crippen molar-refractivity contribution in [3.63, 3.8) is 0 Å². The van der Waals surface area contributed by atoms with Gasteiger partial charge in [-0.3, -0.25) is 0 Å². The van der Waals surface area contributed by atoms with Crippen LogP contribution in [0.25, 0.3) is 0 Å². The summed E-state index contributed by atoms with van der Waals surface area (Å²) in [6, 6.07) is 6.83. The van der Waals surface area contributed by atoms with Crippen molar-refractivity contribution in [3.05, 3.63) is 34.4 Å². The van der Waals surface area contributed by atoms with Crippen LogP contribution in [0.2, 0.25) is 0 Å².